The Hall–Kier alpha value is -4.18. The summed E-state index contributed by atoms with van der Waals surface area (Å²) in [7, 11) is 1.67. The predicted octanol–water partition coefficient (Wildman–Crippen LogP) is 4.56. The summed E-state index contributed by atoms with van der Waals surface area (Å²) in [5, 5.41) is 17.7. The standard InChI is InChI=1S/C31H36N6O4/c1-30(2,3)25-13-26(34-41-25)33-22-11-19(16-35(6)28(22)39)20-7-8-32-27(21(20)17-38)37-10-9-36-23(29(37)40)12-18-14-31(4,5)15-24(18)36/h7-8,11-13,16,38H,9-10,14-15,17H2,1-6H3,(H,33,34). The van der Waals surface area contributed by atoms with Gasteiger partial charge in [-0.15, -0.1) is 0 Å². The van der Waals surface area contributed by atoms with Crippen LogP contribution in [0.15, 0.2) is 46.0 Å². The number of hydrogen-bond acceptors (Lipinski definition) is 7. The smallest absolute Gasteiger partial charge is 0.276 e. The molecule has 10 heteroatoms. The van der Waals surface area contributed by atoms with Crippen LogP contribution in [0.4, 0.5) is 17.3 Å². The van der Waals surface area contributed by atoms with Gasteiger partial charge < -0.3 is 24.1 Å². The number of aliphatic hydroxyl groups excluding tert-OH is 1. The summed E-state index contributed by atoms with van der Waals surface area (Å²) in [6.07, 6.45) is 5.27. The van der Waals surface area contributed by atoms with Gasteiger partial charge in [-0.3, -0.25) is 14.5 Å². The SMILES string of the molecule is Cn1cc(-c2ccnc(N3CCn4c(cc5c4CC(C)(C)C5)C3=O)c2CO)cc(Nc2cc(C(C)(C)C)on2)c1=O. The maximum Gasteiger partial charge on any atom is 0.276 e. The number of fused-ring (bicyclic) bond motifs is 3. The molecule has 0 radical (unpaired) electrons. The second-order valence-electron chi connectivity index (χ2n) is 13.0. The number of nitrogens with one attached hydrogen (secondary N) is 1. The van der Waals surface area contributed by atoms with Crippen molar-refractivity contribution in [1.82, 2.24) is 19.3 Å². The molecule has 6 rings (SSSR count). The highest BCUT2D eigenvalue weighted by Crippen LogP contribution is 2.40. The van der Waals surface area contributed by atoms with Gasteiger partial charge in [0.05, 0.1) is 6.61 Å². The largest absolute Gasteiger partial charge is 0.392 e. The number of aromatic nitrogens is 4. The first-order chi connectivity index (χ1) is 19.4. The Morgan fingerprint density at radius 3 is 2.61 bits per heavy atom. The molecular formula is C31H36N6O4. The summed E-state index contributed by atoms with van der Waals surface area (Å²) in [6, 6.07) is 7.33. The number of anilines is 3. The van der Waals surface area contributed by atoms with E-state index in [9.17, 15) is 14.7 Å². The number of hydrogen-bond donors (Lipinski definition) is 2. The fourth-order valence-electron chi connectivity index (χ4n) is 6.03. The van der Waals surface area contributed by atoms with E-state index >= 15 is 0 Å². The normalized spacial score (nSPS) is 16.2. The minimum absolute atomic E-state index is 0.119. The fourth-order valence-corrected chi connectivity index (χ4v) is 6.03. The van der Waals surface area contributed by atoms with E-state index in [0.29, 0.717) is 58.6 Å². The first-order valence-corrected chi connectivity index (χ1v) is 13.9. The lowest BCUT2D eigenvalue weighted by atomic mass is 9.90. The Morgan fingerprint density at radius 1 is 1.12 bits per heavy atom. The lowest BCUT2D eigenvalue weighted by Gasteiger charge is -2.31. The highest BCUT2D eigenvalue weighted by molar-refractivity contribution is 6.06. The molecule has 2 aliphatic rings. The zero-order valence-corrected chi connectivity index (χ0v) is 24.4. The van der Waals surface area contributed by atoms with Gasteiger partial charge in [-0.2, -0.15) is 0 Å². The lowest BCUT2D eigenvalue weighted by Crippen LogP contribution is -2.41. The number of pyridine rings is 2. The quantitative estimate of drug-likeness (QED) is 0.370. The van der Waals surface area contributed by atoms with E-state index in [1.807, 2.05) is 26.8 Å². The number of carbonyl (C=O) groups excluding carboxylic acids is 1. The number of carbonyl (C=O) groups is 1. The average molecular weight is 557 g/mol. The minimum atomic E-state index is -0.322. The monoisotopic (exact) mass is 556 g/mol. The number of aryl methyl sites for hydroxylation is 1. The van der Waals surface area contributed by atoms with Crippen LogP contribution in [0.5, 0.6) is 0 Å². The molecule has 0 bridgehead atoms. The van der Waals surface area contributed by atoms with Crippen LogP contribution < -0.4 is 15.8 Å². The molecule has 1 amide bonds. The van der Waals surface area contributed by atoms with Crippen molar-refractivity contribution >= 4 is 23.2 Å². The molecule has 4 aromatic rings. The van der Waals surface area contributed by atoms with Crippen molar-refractivity contribution in [3.8, 4) is 11.1 Å². The third-order valence-corrected chi connectivity index (χ3v) is 8.08. The topological polar surface area (TPSA) is 118 Å². The lowest BCUT2D eigenvalue weighted by molar-refractivity contribution is 0.0962. The van der Waals surface area contributed by atoms with Crippen LogP contribution >= 0.6 is 0 Å². The summed E-state index contributed by atoms with van der Waals surface area (Å²) in [5.74, 6) is 1.43. The molecule has 0 spiro atoms. The fraction of sp³-hybridized carbons (Fsp3) is 0.419. The zero-order valence-electron chi connectivity index (χ0n) is 24.4. The molecule has 2 N–H and O–H groups in total. The van der Waals surface area contributed by atoms with Gasteiger partial charge >= 0.3 is 0 Å². The third kappa shape index (κ3) is 4.65. The van der Waals surface area contributed by atoms with Gasteiger partial charge in [0.15, 0.2) is 5.82 Å². The third-order valence-electron chi connectivity index (χ3n) is 8.08. The number of rotatable bonds is 5. The van der Waals surface area contributed by atoms with Crippen LogP contribution in [0.1, 0.15) is 67.7 Å². The van der Waals surface area contributed by atoms with Crippen LogP contribution in [0.2, 0.25) is 0 Å². The highest BCUT2D eigenvalue weighted by atomic mass is 16.5. The predicted molar refractivity (Wildman–Crippen MR) is 157 cm³/mol. The van der Waals surface area contributed by atoms with E-state index in [4.69, 9.17) is 4.52 Å². The van der Waals surface area contributed by atoms with Gasteiger partial charge in [-0.25, -0.2) is 4.98 Å². The van der Waals surface area contributed by atoms with Gasteiger partial charge in [-0.1, -0.05) is 39.8 Å². The molecule has 0 atom stereocenters. The summed E-state index contributed by atoms with van der Waals surface area (Å²) in [6.45, 7) is 11.4. The van der Waals surface area contributed by atoms with E-state index in [-0.39, 0.29) is 28.9 Å². The van der Waals surface area contributed by atoms with Crippen molar-refractivity contribution < 1.29 is 14.4 Å². The van der Waals surface area contributed by atoms with Crippen molar-refractivity contribution in [2.75, 3.05) is 16.8 Å². The van der Waals surface area contributed by atoms with Crippen LogP contribution in [0.25, 0.3) is 11.1 Å². The molecule has 41 heavy (non-hydrogen) atoms. The number of nitrogens with zero attached hydrogens (tertiary/aromatic N) is 5. The van der Waals surface area contributed by atoms with Crippen LogP contribution in [-0.4, -0.2) is 36.8 Å². The zero-order chi connectivity index (χ0) is 29.3. The van der Waals surface area contributed by atoms with Crippen LogP contribution in [0.3, 0.4) is 0 Å². The maximum absolute atomic E-state index is 13.7. The molecule has 0 aromatic carbocycles. The molecule has 1 aliphatic heterocycles. The molecule has 1 aliphatic carbocycles. The minimum Gasteiger partial charge on any atom is -0.392 e. The second-order valence-corrected chi connectivity index (χ2v) is 13.0. The summed E-state index contributed by atoms with van der Waals surface area (Å²) in [5.41, 5.74) is 5.12. The number of aliphatic hydroxyl groups is 1. The van der Waals surface area contributed by atoms with Crippen molar-refractivity contribution in [1.29, 1.82) is 0 Å². The molecule has 0 saturated heterocycles. The number of amides is 1. The maximum atomic E-state index is 13.7. The van der Waals surface area contributed by atoms with Gasteiger partial charge in [0.2, 0.25) is 0 Å². The molecule has 10 nitrogen and oxygen atoms in total. The molecule has 0 saturated carbocycles. The van der Waals surface area contributed by atoms with E-state index in [2.05, 4.69) is 33.9 Å². The van der Waals surface area contributed by atoms with Crippen LogP contribution in [0, 0.1) is 5.41 Å². The highest BCUT2D eigenvalue weighted by Gasteiger charge is 2.37. The molecule has 214 valence electrons. The van der Waals surface area contributed by atoms with Gasteiger partial charge in [0, 0.05) is 60.8 Å². The van der Waals surface area contributed by atoms with Crippen molar-refractivity contribution in [3.63, 3.8) is 0 Å². The first-order valence-electron chi connectivity index (χ1n) is 13.9. The average Bonchev–Trinajstić information content (AvgIpc) is 3.59. The Kier molecular flexibility index (Phi) is 6.22. The molecule has 5 heterocycles. The second kappa shape index (κ2) is 9.44. The van der Waals surface area contributed by atoms with E-state index in [0.717, 1.165) is 12.8 Å². The van der Waals surface area contributed by atoms with Gasteiger partial charge in [-0.05, 0) is 47.6 Å². The van der Waals surface area contributed by atoms with Crippen molar-refractivity contribution in [2.45, 2.75) is 66.0 Å². The Labute approximate surface area is 238 Å². The van der Waals surface area contributed by atoms with E-state index in [1.165, 1.54) is 15.8 Å². The summed E-state index contributed by atoms with van der Waals surface area (Å²) >= 11 is 0. The van der Waals surface area contributed by atoms with E-state index in [1.54, 1.807) is 42.5 Å². The first kappa shape index (κ1) is 27.0. The van der Waals surface area contributed by atoms with E-state index < -0.39 is 0 Å². The Balaban J connectivity index is 1.35. The van der Waals surface area contributed by atoms with Crippen LogP contribution in [-0.2, 0) is 38.5 Å². The van der Waals surface area contributed by atoms with Gasteiger partial charge in [0.25, 0.3) is 11.5 Å². The summed E-state index contributed by atoms with van der Waals surface area (Å²) in [4.78, 5) is 33.0. The van der Waals surface area contributed by atoms with Crippen molar-refractivity contribution in [3.05, 3.63) is 75.3 Å². The van der Waals surface area contributed by atoms with Gasteiger partial charge in [0.1, 0.15) is 23.0 Å². The molecular weight excluding hydrogens is 520 g/mol. The summed E-state index contributed by atoms with van der Waals surface area (Å²) < 4.78 is 9.10. The Morgan fingerprint density at radius 2 is 1.90 bits per heavy atom. The molecule has 0 unspecified atom stereocenters. The molecule has 4 aromatic heterocycles. The molecule has 0 fully saturated rings. The Bertz CT molecular complexity index is 1740. The van der Waals surface area contributed by atoms with Crippen molar-refractivity contribution in [2.24, 2.45) is 12.5 Å².